The third-order valence-corrected chi connectivity index (χ3v) is 1.45. The van der Waals surface area contributed by atoms with Crippen LogP contribution in [-0.4, -0.2) is 25.7 Å². The van der Waals surface area contributed by atoms with Gasteiger partial charge in [-0.1, -0.05) is 0 Å². The lowest BCUT2D eigenvalue weighted by Crippen LogP contribution is -2.30. The molecule has 0 aliphatic carbocycles. The summed E-state index contributed by atoms with van der Waals surface area (Å²) in [6.45, 7) is 4.89. The summed E-state index contributed by atoms with van der Waals surface area (Å²) < 4.78 is 0. The summed E-state index contributed by atoms with van der Waals surface area (Å²) >= 11 is 0. The van der Waals surface area contributed by atoms with Gasteiger partial charge in [0.05, 0.1) is 6.61 Å². The predicted octanol–water partition coefficient (Wildman–Crippen LogP) is -0.111. The summed E-state index contributed by atoms with van der Waals surface area (Å²) in [4.78, 5) is 5.03. The minimum absolute atomic E-state index is 0.532. The highest BCUT2D eigenvalue weighted by atomic mass is 16.6. The van der Waals surface area contributed by atoms with Crippen molar-refractivity contribution in [1.82, 2.24) is 10.8 Å². The van der Waals surface area contributed by atoms with E-state index in [0.29, 0.717) is 6.04 Å². The molecule has 0 aromatic heterocycles. The van der Waals surface area contributed by atoms with E-state index in [0.717, 1.165) is 19.7 Å². The summed E-state index contributed by atoms with van der Waals surface area (Å²) in [6.07, 6.45) is 1.18. The average molecular weight is 130 g/mol. The number of rotatable bonds is 3. The number of hydrogen-bond donors (Lipinski definition) is 2. The molecule has 3 nitrogen and oxygen atoms in total. The van der Waals surface area contributed by atoms with Crippen LogP contribution in [0.15, 0.2) is 0 Å². The van der Waals surface area contributed by atoms with Gasteiger partial charge < -0.3 is 10.2 Å². The molecule has 9 heavy (non-hydrogen) atoms. The van der Waals surface area contributed by atoms with E-state index in [2.05, 4.69) is 10.8 Å². The van der Waals surface area contributed by atoms with Crippen LogP contribution in [0.2, 0.25) is 0 Å². The fourth-order valence-electron chi connectivity index (χ4n) is 0.956. The lowest BCUT2D eigenvalue weighted by molar-refractivity contribution is 0.0293. The summed E-state index contributed by atoms with van der Waals surface area (Å²) in [5.74, 6) is 0. The maximum absolute atomic E-state index is 5.03. The van der Waals surface area contributed by atoms with Crippen molar-refractivity contribution in [3.05, 3.63) is 0 Å². The van der Waals surface area contributed by atoms with E-state index in [1.807, 2.05) is 6.92 Å². The Balaban J connectivity index is 1.98. The monoisotopic (exact) mass is 130 g/mol. The first-order valence-corrected chi connectivity index (χ1v) is 3.51. The quantitative estimate of drug-likeness (QED) is 0.523. The normalized spacial score (nSPS) is 27.0. The third-order valence-electron chi connectivity index (χ3n) is 1.45. The second-order valence-corrected chi connectivity index (χ2v) is 2.24. The van der Waals surface area contributed by atoms with Crippen LogP contribution >= 0.6 is 0 Å². The molecule has 0 amide bonds. The van der Waals surface area contributed by atoms with Gasteiger partial charge in [0.25, 0.3) is 0 Å². The Labute approximate surface area is 55.7 Å². The molecule has 1 atom stereocenters. The van der Waals surface area contributed by atoms with Crippen molar-refractivity contribution in [3.8, 4) is 0 Å². The van der Waals surface area contributed by atoms with Gasteiger partial charge in [0.1, 0.15) is 0 Å². The maximum atomic E-state index is 5.03. The van der Waals surface area contributed by atoms with Gasteiger partial charge in [-0.3, -0.25) is 0 Å². The van der Waals surface area contributed by atoms with Crippen molar-refractivity contribution in [2.75, 3.05) is 19.7 Å². The average Bonchev–Trinajstić information content (AvgIpc) is 2.34. The van der Waals surface area contributed by atoms with Crippen LogP contribution < -0.4 is 10.8 Å². The molecule has 2 N–H and O–H groups in total. The molecule has 1 saturated heterocycles. The van der Waals surface area contributed by atoms with Crippen LogP contribution in [0, 0.1) is 0 Å². The fraction of sp³-hybridized carbons (Fsp3) is 1.00. The largest absolute Gasteiger partial charge is 0.315 e. The van der Waals surface area contributed by atoms with Gasteiger partial charge in [-0.15, -0.1) is 0 Å². The van der Waals surface area contributed by atoms with E-state index in [9.17, 15) is 0 Å². The minimum Gasteiger partial charge on any atom is -0.315 e. The second-order valence-electron chi connectivity index (χ2n) is 2.24. The fourth-order valence-corrected chi connectivity index (χ4v) is 0.956. The summed E-state index contributed by atoms with van der Waals surface area (Å²) in [6, 6.07) is 0.532. The molecule has 0 aromatic rings. The van der Waals surface area contributed by atoms with E-state index >= 15 is 0 Å². The van der Waals surface area contributed by atoms with E-state index in [1.165, 1.54) is 6.42 Å². The first-order chi connectivity index (χ1) is 4.43. The van der Waals surface area contributed by atoms with Crippen LogP contribution in [0.4, 0.5) is 0 Å². The molecule has 1 aliphatic heterocycles. The Bertz CT molecular complexity index is 71.5. The molecule has 1 rings (SSSR count). The van der Waals surface area contributed by atoms with Crippen LogP contribution in [0.3, 0.4) is 0 Å². The molecular weight excluding hydrogens is 116 g/mol. The molecule has 1 fully saturated rings. The standard InChI is InChI=1S/C6H14N2O/c1-2-9-8-6-3-4-7-5-6/h6-8H,2-5H2,1H3. The van der Waals surface area contributed by atoms with Gasteiger partial charge in [0.15, 0.2) is 0 Å². The molecule has 0 bridgehead atoms. The number of hydrogen-bond acceptors (Lipinski definition) is 3. The van der Waals surface area contributed by atoms with Gasteiger partial charge in [0.2, 0.25) is 0 Å². The molecule has 3 heteroatoms. The Morgan fingerprint density at radius 3 is 3.22 bits per heavy atom. The van der Waals surface area contributed by atoms with E-state index < -0.39 is 0 Å². The van der Waals surface area contributed by atoms with Crippen molar-refractivity contribution < 1.29 is 4.84 Å². The van der Waals surface area contributed by atoms with Crippen molar-refractivity contribution in [2.24, 2.45) is 0 Å². The van der Waals surface area contributed by atoms with Crippen LogP contribution in [0.5, 0.6) is 0 Å². The van der Waals surface area contributed by atoms with Gasteiger partial charge in [0, 0.05) is 12.6 Å². The molecule has 0 aromatic carbocycles. The predicted molar refractivity (Wildman–Crippen MR) is 36.0 cm³/mol. The second kappa shape index (κ2) is 3.82. The smallest absolute Gasteiger partial charge is 0.0654 e. The third kappa shape index (κ3) is 2.30. The lowest BCUT2D eigenvalue weighted by atomic mass is 10.3. The SMILES string of the molecule is CCONC1CCNC1. The van der Waals surface area contributed by atoms with Crippen LogP contribution in [0.25, 0.3) is 0 Å². The summed E-state index contributed by atoms with van der Waals surface area (Å²) in [5.41, 5.74) is 2.97. The van der Waals surface area contributed by atoms with Crippen LogP contribution in [-0.2, 0) is 4.84 Å². The highest BCUT2D eigenvalue weighted by Gasteiger charge is 2.12. The van der Waals surface area contributed by atoms with Crippen molar-refractivity contribution in [1.29, 1.82) is 0 Å². The Morgan fingerprint density at radius 2 is 2.67 bits per heavy atom. The highest BCUT2D eigenvalue weighted by Crippen LogP contribution is 1.95. The van der Waals surface area contributed by atoms with Crippen molar-refractivity contribution >= 4 is 0 Å². The van der Waals surface area contributed by atoms with Crippen LogP contribution in [0.1, 0.15) is 13.3 Å². The van der Waals surface area contributed by atoms with Gasteiger partial charge in [-0.25, -0.2) is 0 Å². The first-order valence-electron chi connectivity index (χ1n) is 3.51. The topological polar surface area (TPSA) is 33.3 Å². The highest BCUT2D eigenvalue weighted by molar-refractivity contribution is 4.73. The minimum atomic E-state index is 0.532. The summed E-state index contributed by atoms with van der Waals surface area (Å²) in [5, 5.41) is 3.24. The maximum Gasteiger partial charge on any atom is 0.0654 e. The molecule has 0 spiro atoms. The Kier molecular flexibility index (Phi) is 2.97. The zero-order valence-corrected chi connectivity index (χ0v) is 5.81. The zero-order valence-electron chi connectivity index (χ0n) is 5.81. The Hall–Kier alpha value is -0.120. The molecule has 1 heterocycles. The van der Waals surface area contributed by atoms with E-state index in [-0.39, 0.29) is 0 Å². The van der Waals surface area contributed by atoms with Gasteiger partial charge in [-0.05, 0) is 19.9 Å². The Morgan fingerprint density at radius 1 is 1.78 bits per heavy atom. The molecule has 0 radical (unpaired) electrons. The zero-order chi connectivity index (χ0) is 6.53. The first kappa shape index (κ1) is 6.99. The molecular formula is C6H14N2O. The summed E-state index contributed by atoms with van der Waals surface area (Å²) in [7, 11) is 0. The lowest BCUT2D eigenvalue weighted by Gasteiger charge is -2.08. The molecule has 1 unspecified atom stereocenters. The molecule has 0 saturated carbocycles. The van der Waals surface area contributed by atoms with Crippen molar-refractivity contribution in [3.63, 3.8) is 0 Å². The molecule has 1 aliphatic rings. The molecule has 54 valence electrons. The number of nitrogens with one attached hydrogen (secondary N) is 2. The van der Waals surface area contributed by atoms with Gasteiger partial charge >= 0.3 is 0 Å². The van der Waals surface area contributed by atoms with Gasteiger partial charge in [-0.2, -0.15) is 5.48 Å². The number of hydroxylamine groups is 1. The van der Waals surface area contributed by atoms with Crippen molar-refractivity contribution in [2.45, 2.75) is 19.4 Å². The van der Waals surface area contributed by atoms with E-state index in [1.54, 1.807) is 0 Å². The van der Waals surface area contributed by atoms with E-state index in [4.69, 9.17) is 4.84 Å².